The van der Waals surface area contributed by atoms with E-state index in [9.17, 15) is 30.0 Å². The van der Waals surface area contributed by atoms with Crippen LogP contribution in [-0.4, -0.2) is 91.7 Å². The van der Waals surface area contributed by atoms with Crippen molar-refractivity contribution in [1.82, 2.24) is 0 Å². The Balaban J connectivity index is 1.38. The van der Waals surface area contributed by atoms with Crippen LogP contribution in [0.3, 0.4) is 0 Å². The van der Waals surface area contributed by atoms with Crippen LogP contribution in [0, 0.1) is 17.8 Å². The molecule has 0 radical (unpaired) electrons. The number of benzene rings is 1. The normalized spacial score (nSPS) is 46.0. The van der Waals surface area contributed by atoms with Crippen LogP contribution in [0.25, 0.3) is 0 Å². The number of aliphatic hydroxyl groups excluding tert-OH is 3. The highest BCUT2D eigenvalue weighted by Crippen LogP contribution is 2.74. The molecule has 4 N–H and O–H groups in total. The first-order chi connectivity index (χ1) is 22.8. The van der Waals surface area contributed by atoms with Gasteiger partial charge in [0.05, 0.1) is 18.3 Å². The fraction of sp³-hybridized carbons (Fsp3) is 0.514. The number of allylic oxidation sites excluding steroid dienone is 4. The number of hydrogen-bond acceptors (Lipinski definition) is 11. The Morgan fingerprint density at radius 3 is 2.48 bits per heavy atom. The maximum atomic E-state index is 13.8. The van der Waals surface area contributed by atoms with Crippen LogP contribution in [0.1, 0.15) is 39.7 Å². The first-order valence-electron chi connectivity index (χ1n) is 16.4. The molecular weight excluding hydrogens is 620 g/mol. The summed E-state index contributed by atoms with van der Waals surface area (Å²) in [6.45, 7) is 10.6. The maximum Gasteiger partial charge on any atom is 0.331 e. The van der Waals surface area contributed by atoms with Gasteiger partial charge in [-0.2, -0.15) is 0 Å². The monoisotopic (exact) mass is 662 g/mol. The van der Waals surface area contributed by atoms with Crippen LogP contribution in [0.2, 0.25) is 0 Å². The minimum Gasteiger partial charge on any atom is -0.455 e. The molecule has 3 aliphatic heterocycles. The van der Waals surface area contributed by atoms with Gasteiger partial charge in [-0.3, -0.25) is 4.79 Å². The van der Waals surface area contributed by atoms with Gasteiger partial charge in [-0.15, -0.1) is 0 Å². The Bertz CT molecular complexity index is 1650. The number of epoxide rings is 1. The third-order valence-corrected chi connectivity index (χ3v) is 11.4. The van der Waals surface area contributed by atoms with Gasteiger partial charge in [0.2, 0.25) is 0 Å². The predicted octanol–water partition coefficient (Wildman–Crippen LogP) is 2.29. The molecule has 3 saturated heterocycles. The second-order valence-corrected chi connectivity index (χ2v) is 13.9. The summed E-state index contributed by atoms with van der Waals surface area (Å²) in [5.74, 6) is -6.09. The lowest BCUT2D eigenvalue weighted by molar-refractivity contribution is -0.440. The van der Waals surface area contributed by atoms with Gasteiger partial charge in [-0.25, -0.2) is 4.79 Å². The van der Waals surface area contributed by atoms with Crippen LogP contribution in [0.5, 0.6) is 0 Å². The lowest BCUT2D eigenvalue weighted by Gasteiger charge is -2.61. The van der Waals surface area contributed by atoms with Gasteiger partial charge in [0, 0.05) is 29.4 Å². The maximum absolute atomic E-state index is 13.8. The second kappa shape index (κ2) is 11.1. The number of esters is 1. The third kappa shape index (κ3) is 4.10. The molecule has 1 aromatic carbocycles. The van der Waals surface area contributed by atoms with Gasteiger partial charge in [0.15, 0.2) is 17.0 Å². The zero-order chi connectivity index (χ0) is 34.4. The highest BCUT2D eigenvalue weighted by molar-refractivity contribution is 6.05. The van der Waals surface area contributed by atoms with Crippen LogP contribution in [-0.2, 0) is 39.2 Å². The number of ketones is 1. The molecule has 3 heterocycles. The minimum absolute atomic E-state index is 0.215. The Morgan fingerprint density at radius 1 is 1.10 bits per heavy atom. The average Bonchev–Trinajstić information content (AvgIpc) is 3.70. The van der Waals surface area contributed by atoms with Crippen molar-refractivity contribution in [2.45, 2.75) is 93.0 Å². The van der Waals surface area contributed by atoms with E-state index in [2.05, 4.69) is 6.58 Å². The summed E-state index contributed by atoms with van der Waals surface area (Å²) in [4.78, 5) is 27.4. The van der Waals surface area contributed by atoms with E-state index in [1.165, 1.54) is 12.2 Å². The summed E-state index contributed by atoms with van der Waals surface area (Å²) in [5, 5.41) is 44.6. The smallest absolute Gasteiger partial charge is 0.331 e. The SMILES string of the molecule is C=C(C)[C@@]12O[C@@]3(c4ccccc4)O[C@@H]1[C@@H]1[C@@H]4O[C@]4(CO)[C@@H](O)[C@]4(O)C(=O)C(C)=C[C@H]4[C@@]1(O3)[C@H](C)[C@H]2OC(=O)C=CC=CC=C[C@H](O)CC. The topological polar surface area (TPSA) is 165 Å². The summed E-state index contributed by atoms with van der Waals surface area (Å²) in [5.41, 5.74) is -6.05. The summed E-state index contributed by atoms with van der Waals surface area (Å²) in [6.07, 6.45) is 6.17. The van der Waals surface area contributed by atoms with Crippen LogP contribution in [0.4, 0.5) is 0 Å². The van der Waals surface area contributed by atoms with Gasteiger partial charge in [0.25, 0.3) is 0 Å². The van der Waals surface area contributed by atoms with E-state index in [4.69, 9.17) is 23.7 Å². The molecule has 13 atom stereocenters. The zero-order valence-corrected chi connectivity index (χ0v) is 27.3. The van der Waals surface area contributed by atoms with E-state index in [1.807, 2.05) is 13.0 Å². The molecule has 11 heteroatoms. The van der Waals surface area contributed by atoms with Crippen molar-refractivity contribution in [3.05, 3.63) is 96.2 Å². The number of fused-ring (bicyclic) bond motifs is 3. The number of carbonyl (C=O) groups is 2. The number of rotatable bonds is 9. The van der Waals surface area contributed by atoms with E-state index in [0.29, 0.717) is 17.6 Å². The van der Waals surface area contributed by atoms with Gasteiger partial charge >= 0.3 is 11.9 Å². The van der Waals surface area contributed by atoms with E-state index >= 15 is 0 Å². The Hall–Kier alpha value is -3.26. The summed E-state index contributed by atoms with van der Waals surface area (Å²) >= 11 is 0. The van der Waals surface area contributed by atoms with Gasteiger partial charge in [-0.05, 0) is 31.4 Å². The molecule has 11 nitrogen and oxygen atoms in total. The number of carbonyl (C=O) groups excluding carboxylic acids is 2. The van der Waals surface area contributed by atoms with Crippen molar-refractivity contribution >= 4 is 11.8 Å². The van der Waals surface area contributed by atoms with E-state index in [1.54, 1.807) is 75.4 Å². The molecule has 1 aromatic rings. The molecule has 256 valence electrons. The quantitative estimate of drug-likeness (QED) is 0.101. The van der Waals surface area contributed by atoms with Crippen molar-refractivity contribution in [2.75, 3.05) is 6.61 Å². The molecule has 2 saturated carbocycles. The van der Waals surface area contributed by atoms with E-state index in [0.717, 1.165) is 0 Å². The van der Waals surface area contributed by atoms with Gasteiger partial charge < -0.3 is 44.1 Å². The molecule has 0 aromatic heterocycles. The molecule has 3 bridgehead atoms. The Morgan fingerprint density at radius 2 is 1.81 bits per heavy atom. The highest BCUT2D eigenvalue weighted by atomic mass is 16.9. The largest absolute Gasteiger partial charge is 0.455 e. The van der Waals surface area contributed by atoms with Crippen molar-refractivity contribution in [2.24, 2.45) is 17.8 Å². The molecule has 5 fully saturated rings. The molecule has 0 spiro atoms. The minimum atomic E-state index is -2.44. The lowest BCUT2D eigenvalue weighted by atomic mass is 9.53. The molecule has 0 amide bonds. The zero-order valence-electron chi connectivity index (χ0n) is 27.3. The van der Waals surface area contributed by atoms with Crippen LogP contribution >= 0.6 is 0 Å². The molecule has 6 aliphatic rings. The number of Topliss-reactive ketones (excluding diaryl/α,β-unsaturated/α-hetero) is 1. The molecule has 7 rings (SSSR count). The second-order valence-electron chi connectivity index (χ2n) is 13.9. The number of ether oxygens (including phenoxy) is 5. The van der Waals surface area contributed by atoms with Gasteiger partial charge in [0.1, 0.15) is 30.0 Å². The summed E-state index contributed by atoms with van der Waals surface area (Å²) in [6, 6.07) is 8.95. The predicted molar refractivity (Wildman–Crippen MR) is 170 cm³/mol. The van der Waals surface area contributed by atoms with Crippen molar-refractivity contribution in [3.8, 4) is 0 Å². The highest BCUT2D eigenvalue weighted by Gasteiger charge is 2.90. The Kier molecular flexibility index (Phi) is 7.71. The first-order valence-corrected chi connectivity index (χ1v) is 16.4. The summed E-state index contributed by atoms with van der Waals surface area (Å²) < 4.78 is 33.2. The molecular formula is C37H42O11. The third-order valence-electron chi connectivity index (χ3n) is 11.4. The summed E-state index contributed by atoms with van der Waals surface area (Å²) in [7, 11) is 0. The van der Waals surface area contributed by atoms with E-state index in [-0.39, 0.29) is 5.57 Å². The fourth-order valence-corrected chi connectivity index (χ4v) is 9.07. The van der Waals surface area contributed by atoms with Crippen molar-refractivity contribution in [3.63, 3.8) is 0 Å². The van der Waals surface area contributed by atoms with Crippen molar-refractivity contribution in [1.29, 1.82) is 0 Å². The lowest BCUT2D eigenvalue weighted by Crippen LogP contribution is -2.76. The molecule has 48 heavy (non-hydrogen) atoms. The van der Waals surface area contributed by atoms with Crippen molar-refractivity contribution < 1.29 is 53.7 Å². The molecule has 3 aliphatic carbocycles. The number of aliphatic hydroxyl groups is 4. The first kappa shape index (κ1) is 33.2. The van der Waals surface area contributed by atoms with E-state index < -0.39 is 95.0 Å². The van der Waals surface area contributed by atoms with Gasteiger partial charge in [-0.1, -0.05) is 87.2 Å². The average molecular weight is 663 g/mol. The standard InChI is InChI=1S/C37H42O11/c1-6-24(39)16-12-7-8-13-17-26(40)44-29-22(5)36-25-18-21(4)28(41)34(25,43)32(42)33(19-38)30(45-33)27(36)31-35(29,20(2)3)47-37(46-31,48-36)23-14-10-9-11-15-23/h7-18,22,24-25,27,29-32,38-39,42-43H,2,6,19H2,1,3-5H3/t22-,24-,25-,27+,29-,30+,31-,32-,33+,34-,35+,36+,37-/m1/s1. The van der Waals surface area contributed by atoms with Crippen LogP contribution in [0.15, 0.2) is 90.6 Å². The Labute approximate surface area is 278 Å². The molecule has 0 unspecified atom stereocenters. The fourth-order valence-electron chi connectivity index (χ4n) is 9.07. The van der Waals surface area contributed by atoms with Crippen LogP contribution < -0.4 is 0 Å². The number of hydrogen-bond donors (Lipinski definition) is 4.